The van der Waals surface area contributed by atoms with Gasteiger partial charge in [0.15, 0.2) is 0 Å². The number of nitrogens with zero attached hydrogens (tertiary/aromatic N) is 3. The summed E-state index contributed by atoms with van der Waals surface area (Å²) in [6, 6.07) is 7.04. The third-order valence-corrected chi connectivity index (χ3v) is 6.14. The van der Waals surface area contributed by atoms with Gasteiger partial charge in [-0.25, -0.2) is 12.7 Å². The number of fused-ring (bicyclic) bond motifs is 1. The van der Waals surface area contributed by atoms with Crippen LogP contribution in [0.5, 0.6) is 0 Å². The summed E-state index contributed by atoms with van der Waals surface area (Å²) in [5.41, 5.74) is 2.19. The van der Waals surface area contributed by atoms with E-state index in [0.29, 0.717) is 21.8 Å². The molecule has 3 rings (SSSR count). The minimum atomic E-state index is -3.30. The van der Waals surface area contributed by atoms with Gasteiger partial charge in [-0.1, -0.05) is 11.6 Å². The van der Waals surface area contributed by atoms with Crippen LogP contribution < -0.4 is 4.90 Å². The third kappa shape index (κ3) is 3.22. The zero-order valence-corrected chi connectivity index (χ0v) is 16.6. The summed E-state index contributed by atoms with van der Waals surface area (Å²) in [7, 11) is -1.80. The van der Waals surface area contributed by atoms with Crippen LogP contribution in [0.3, 0.4) is 0 Å². The first-order chi connectivity index (χ1) is 12.0. The molecule has 1 aliphatic heterocycles. The Morgan fingerprint density at radius 3 is 2.58 bits per heavy atom. The number of anilines is 1. The third-order valence-electron chi connectivity index (χ3n) is 4.64. The molecule has 0 radical (unpaired) electrons. The van der Waals surface area contributed by atoms with E-state index in [9.17, 15) is 13.2 Å². The molecule has 0 atom stereocenters. The monoisotopic (exact) mass is 393 g/mol. The number of halogens is 1. The van der Waals surface area contributed by atoms with E-state index >= 15 is 0 Å². The van der Waals surface area contributed by atoms with Gasteiger partial charge in [-0.15, -0.1) is 0 Å². The average molecular weight is 394 g/mol. The Morgan fingerprint density at radius 1 is 1.23 bits per heavy atom. The number of carbonyl (C=O) groups excluding carboxylic acids is 1. The van der Waals surface area contributed by atoms with Gasteiger partial charge in [0.2, 0.25) is 10.0 Å². The molecular formula is C18H20ClN3O3S. The Morgan fingerprint density at radius 2 is 1.92 bits per heavy atom. The predicted molar refractivity (Wildman–Crippen MR) is 102 cm³/mol. The summed E-state index contributed by atoms with van der Waals surface area (Å²) in [6.45, 7) is 4.08. The molecule has 0 saturated carbocycles. The molecule has 2 aromatic rings. The van der Waals surface area contributed by atoms with Crippen LogP contribution in [0.4, 0.5) is 5.69 Å². The van der Waals surface area contributed by atoms with Crippen molar-refractivity contribution < 1.29 is 13.2 Å². The number of aromatic nitrogens is 1. The van der Waals surface area contributed by atoms with Crippen molar-refractivity contribution in [3.8, 4) is 0 Å². The first kappa shape index (κ1) is 18.8. The van der Waals surface area contributed by atoms with Crippen molar-refractivity contribution in [3.63, 3.8) is 0 Å². The molecule has 2 heterocycles. The van der Waals surface area contributed by atoms with Crippen molar-refractivity contribution in [2.45, 2.75) is 25.9 Å². The lowest BCUT2D eigenvalue weighted by molar-refractivity contribution is 0.0982. The van der Waals surface area contributed by atoms with Gasteiger partial charge < -0.3 is 0 Å². The minimum Gasteiger partial charge on any atom is -0.297 e. The molecule has 0 spiro atoms. The quantitative estimate of drug-likeness (QED) is 0.800. The SMILES string of the molecule is CN(Cc1cncc(N2C(=O)c3ccc(Cl)cc3C2(C)C)c1)S(C)(=O)=O. The zero-order chi connectivity index (χ0) is 19.3. The van der Waals surface area contributed by atoms with E-state index < -0.39 is 15.6 Å². The molecular weight excluding hydrogens is 374 g/mol. The summed E-state index contributed by atoms with van der Waals surface area (Å²) in [5, 5.41) is 0.577. The summed E-state index contributed by atoms with van der Waals surface area (Å²) in [5.74, 6) is -0.128. The molecule has 26 heavy (non-hydrogen) atoms. The number of benzene rings is 1. The molecule has 1 amide bonds. The molecule has 0 aliphatic carbocycles. The number of carbonyl (C=O) groups is 1. The fourth-order valence-electron chi connectivity index (χ4n) is 3.20. The van der Waals surface area contributed by atoms with Crippen molar-refractivity contribution in [1.82, 2.24) is 9.29 Å². The van der Waals surface area contributed by atoms with Crippen LogP contribution in [0.25, 0.3) is 0 Å². The highest BCUT2D eigenvalue weighted by atomic mass is 35.5. The highest BCUT2D eigenvalue weighted by Gasteiger charge is 2.44. The highest BCUT2D eigenvalue weighted by Crippen LogP contribution is 2.42. The molecule has 1 aromatic carbocycles. The minimum absolute atomic E-state index is 0.128. The van der Waals surface area contributed by atoms with Gasteiger partial charge in [0.25, 0.3) is 5.91 Å². The summed E-state index contributed by atoms with van der Waals surface area (Å²) >= 11 is 6.11. The Bertz CT molecular complexity index is 989. The number of hydrogen-bond acceptors (Lipinski definition) is 4. The van der Waals surface area contributed by atoms with E-state index in [-0.39, 0.29) is 12.5 Å². The molecule has 138 valence electrons. The van der Waals surface area contributed by atoms with Gasteiger partial charge in [-0.2, -0.15) is 0 Å². The summed E-state index contributed by atoms with van der Waals surface area (Å²) < 4.78 is 24.5. The average Bonchev–Trinajstić information content (AvgIpc) is 2.73. The Hall–Kier alpha value is -1.96. The Kier molecular flexibility index (Phi) is 4.58. The van der Waals surface area contributed by atoms with Crippen LogP contribution in [0, 0.1) is 0 Å². The lowest BCUT2D eigenvalue weighted by atomic mass is 9.93. The van der Waals surface area contributed by atoms with Crippen LogP contribution in [0.15, 0.2) is 36.7 Å². The normalized spacial score (nSPS) is 16.2. The lowest BCUT2D eigenvalue weighted by Gasteiger charge is -2.32. The largest absolute Gasteiger partial charge is 0.297 e. The fraction of sp³-hybridized carbons (Fsp3) is 0.333. The topological polar surface area (TPSA) is 70.6 Å². The van der Waals surface area contributed by atoms with Crippen molar-refractivity contribution in [3.05, 3.63) is 58.4 Å². The number of sulfonamides is 1. The molecule has 1 aliphatic rings. The second kappa shape index (κ2) is 6.33. The number of rotatable bonds is 4. The zero-order valence-electron chi connectivity index (χ0n) is 15.0. The number of pyridine rings is 1. The van der Waals surface area contributed by atoms with E-state index in [2.05, 4.69) is 4.98 Å². The number of amides is 1. The Balaban J connectivity index is 2.00. The molecule has 0 unspecified atom stereocenters. The summed E-state index contributed by atoms with van der Waals surface area (Å²) in [4.78, 5) is 18.8. The smallest absolute Gasteiger partial charge is 0.259 e. The van der Waals surface area contributed by atoms with Gasteiger partial charge in [0, 0.05) is 30.4 Å². The number of hydrogen-bond donors (Lipinski definition) is 0. The first-order valence-corrected chi connectivity index (χ1v) is 10.2. The maximum Gasteiger partial charge on any atom is 0.259 e. The van der Waals surface area contributed by atoms with Gasteiger partial charge in [-0.05, 0) is 49.2 Å². The van der Waals surface area contributed by atoms with Crippen molar-refractivity contribution >= 4 is 33.2 Å². The maximum absolute atomic E-state index is 13.0. The van der Waals surface area contributed by atoms with Gasteiger partial charge in [-0.3, -0.25) is 14.7 Å². The molecule has 8 heteroatoms. The van der Waals surface area contributed by atoms with Crippen LogP contribution in [0.1, 0.15) is 35.3 Å². The Labute approximate surface area is 158 Å². The second-order valence-corrected chi connectivity index (χ2v) is 9.49. The van der Waals surface area contributed by atoms with Crippen molar-refractivity contribution in [2.75, 3.05) is 18.2 Å². The second-order valence-electron chi connectivity index (χ2n) is 6.96. The molecule has 0 N–H and O–H groups in total. The van der Waals surface area contributed by atoms with Gasteiger partial charge >= 0.3 is 0 Å². The van der Waals surface area contributed by atoms with E-state index in [1.165, 1.54) is 11.4 Å². The van der Waals surface area contributed by atoms with E-state index in [0.717, 1.165) is 11.8 Å². The van der Waals surface area contributed by atoms with Gasteiger partial charge in [0.1, 0.15) is 0 Å². The van der Waals surface area contributed by atoms with E-state index in [1.807, 2.05) is 19.9 Å². The van der Waals surface area contributed by atoms with Crippen LogP contribution in [0.2, 0.25) is 5.02 Å². The maximum atomic E-state index is 13.0. The van der Waals surface area contributed by atoms with Crippen molar-refractivity contribution in [2.24, 2.45) is 0 Å². The highest BCUT2D eigenvalue weighted by molar-refractivity contribution is 7.88. The standard InChI is InChI=1S/C18H20ClN3O3S/c1-18(2)16-8-13(19)5-6-15(16)17(23)22(18)14-7-12(9-20-10-14)11-21(3)26(4,24)25/h5-10H,11H2,1-4H3. The first-order valence-electron chi connectivity index (χ1n) is 8.01. The van der Waals surface area contributed by atoms with E-state index in [1.54, 1.807) is 35.5 Å². The fourth-order valence-corrected chi connectivity index (χ4v) is 3.76. The van der Waals surface area contributed by atoms with Gasteiger partial charge in [0.05, 0.1) is 23.7 Å². The molecule has 0 bridgehead atoms. The molecule has 1 aromatic heterocycles. The molecule has 6 nitrogen and oxygen atoms in total. The predicted octanol–water partition coefficient (Wildman–Crippen LogP) is 3.02. The van der Waals surface area contributed by atoms with Crippen molar-refractivity contribution in [1.29, 1.82) is 0 Å². The van der Waals surface area contributed by atoms with Crippen LogP contribution in [-0.2, 0) is 22.1 Å². The lowest BCUT2D eigenvalue weighted by Crippen LogP contribution is -2.39. The molecule has 0 saturated heterocycles. The van der Waals surface area contributed by atoms with Crippen LogP contribution in [-0.4, -0.2) is 36.9 Å². The van der Waals surface area contributed by atoms with Crippen LogP contribution >= 0.6 is 11.6 Å². The summed E-state index contributed by atoms with van der Waals surface area (Å²) in [6.07, 6.45) is 4.36. The van der Waals surface area contributed by atoms with E-state index in [4.69, 9.17) is 11.6 Å². The molecule has 0 fully saturated rings.